The third kappa shape index (κ3) is 1.34. The van der Waals surface area contributed by atoms with Crippen molar-refractivity contribution in [1.29, 1.82) is 0 Å². The Morgan fingerprint density at radius 1 is 1.31 bits per heavy atom. The fraction of sp³-hybridized carbons (Fsp3) is 0.333. The monoisotopic (exact) mass is 179 g/mol. The zero-order valence-corrected chi connectivity index (χ0v) is 7.29. The molecule has 1 aliphatic heterocycles. The van der Waals surface area contributed by atoms with Crippen LogP contribution in [0.4, 0.5) is 5.69 Å². The van der Waals surface area contributed by atoms with Crippen molar-refractivity contribution in [3.05, 3.63) is 23.8 Å². The molecule has 0 saturated carbocycles. The van der Waals surface area contributed by atoms with E-state index in [0.717, 1.165) is 11.3 Å². The Hall–Kier alpha value is -1.26. The predicted molar refractivity (Wildman–Crippen MR) is 51.0 cm³/mol. The second kappa shape index (κ2) is 2.61. The molecule has 0 aromatic heterocycles. The molecule has 13 heavy (non-hydrogen) atoms. The molecule has 0 atom stereocenters. The Morgan fingerprint density at radius 3 is 2.85 bits per heavy atom. The number of anilines is 1. The van der Waals surface area contributed by atoms with Crippen LogP contribution < -0.4 is 21.9 Å². The number of ether oxygens (including phenoxy) is 1. The molecule has 4 nitrogen and oxygen atoms in total. The van der Waals surface area contributed by atoms with Crippen LogP contribution in [0, 0.1) is 0 Å². The number of hydrogen-bond acceptors (Lipinski definition) is 4. The molecule has 0 radical (unpaired) electrons. The smallest absolute Gasteiger partial charge is 0.125 e. The molecule has 0 saturated heterocycles. The number of nitrogen functional groups attached to an aromatic ring is 1. The molecule has 0 bridgehead atoms. The fourth-order valence-electron chi connectivity index (χ4n) is 1.50. The number of nitrogens with two attached hydrogens (primary N) is 3. The zero-order chi connectivity index (χ0) is 9.47. The lowest BCUT2D eigenvalue weighted by Crippen LogP contribution is -2.49. The van der Waals surface area contributed by atoms with Crippen LogP contribution in [0.5, 0.6) is 5.75 Å². The Kier molecular flexibility index (Phi) is 1.68. The second-order valence-electron chi connectivity index (χ2n) is 3.39. The van der Waals surface area contributed by atoms with Gasteiger partial charge in [-0.25, -0.2) is 0 Å². The van der Waals surface area contributed by atoms with Crippen molar-refractivity contribution in [2.24, 2.45) is 11.5 Å². The molecule has 0 unspecified atom stereocenters. The first-order valence-corrected chi connectivity index (χ1v) is 4.20. The summed E-state index contributed by atoms with van der Waals surface area (Å²) in [6.07, 6.45) is 0.615. The van der Waals surface area contributed by atoms with E-state index in [2.05, 4.69) is 0 Å². The van der Waals surface area contributed by atoms with E-state index in [9.17, 15) is 0 Å². The van der Waals surface area contributed by atoms with Gasteiger partial charge in [0.25, 0.3) is 0 Å². The fourth-order valence-corrected chi connectivity index (χ4v) is 1.50. The third-order valence-electron chi connectivity index (χ3n) is 2.28. The summed E-state index contributed by atoms with van der Waals surface area (Å²) in [5.41, 5.74) is 18.1. The Bertz CT molecular complexity index is 336. The molecule has 0 aliphatic carbocycles. The molecule has 0 amide bonds. The van der Waals surface area contributed by atoms with Gasteiger partial charge in [-0.1, -0.05) is 0 Å². The summed E-state index contributed by atoms with van der Waals surface area (Å²) in [7, 11) is 0. The van der Waals surface area contributed by atoms with Crippen LogP contribution in [-0.4, -0.2) is 6.61 Å². The average molecular weight is 179 g/mol. The molecule has 6 N–H and O–H groups in total. The normalized spacial score (nSPS) is 18.9. The van der Waals surface area contributed by atoms with Crippen LogP contribution in [0.1, 0.15) is 12.0 Å². The molecular weight excluding hydrogens is 166 g/mol. The van der Waals surface area contributed by atoms with E-state index >= 15 is 0 Å². The van der Waals surface area contributed by atoms with Crippen molar-refractivity contribution >= 4 is 5.69 Å². The molecule has 1 heterocycles. The molecule has 0 spiro atoms. The summed E-state index contributed by atoms with van der Waals surface area (Å²) in [6, 6.07) is 5.35. The highest BCUT2D eigenvalue weighted by molar-refractivity contribution is 5.51. The van der Waals surface area contributed by atoms with E-state index < -0.39 is 5.66 Å². The lowest BCUT2D eigenvalue weighted by molar-refractivity contribution is 0.220. The van der Waals surface area contributed by atoms with Gasteiger partial charge in [0.1, 0.15) is 5.75 Å². The van der Waals surface area contributed by atoms with Crippen molar-refractivity contribution in [1.82, 2.24) is 0 Å². The Balaban J connectivity index is 2.55. The summed E-state index contributed by atoms with van der Waals surface area (Å²) >= 11 is 0. The number of hydrogen-bond donors (Lipinski definition) is 3. The summed E-state index contributed by atoms with van der Waals surface area (Å²) in [5, 5.41) is 0. The topological polar surface area (TPSA) is 87.3 Å². The third-order valence-corrected chi connectivity index (χ3v) is 2.28. The quantitative estimate of drug-likeness (QED) is 0.390. The maximum atomic E-state index is 5.90. The zero-order valence-electron chi connectivity index (χ0n) is 7.29. The van der Waals surface area contributed by atoms with Crippen LogP contribution in [0.15, 0.2) is 18.2 Å². The Morgan fingerprint density at radius 2 is 2.08 bits per heavy atom. The van der Waals surface area contributed by atoms with Gasteiger partial charge < -0.3 is 21.9 Å². The van der Waals surface area contributed by atoms with Gasteiger partial charge in [-0.2, -0.15) is 0 Å². The van der Waals surface area contributed by atoms with Gasteiger partial charge >= 0.3 is 0 Å². The van der Waals surface area contributed by atoms with Crippen LogP contribution in [0.25, 0.3) is 0 Å². The van der Waals surface area contributed by atoms with Gasteiger partial charge in [0.2, 0.25) is 0 Å². The number of fused-ring (bicyclic) bond motifs is 1. The second-order valence-corrected chi connectivity index (χ2v) is 3.39. The van der Waals surface area contributed by atoms with Crippen LogP contribution >= 0.6 is 0 Å². The van der Waals surface area contributed by atoms with Gasteiger partial charge in [0, 0.05) is 17.7 Å². The molecular formula is C9H13N3O. The van der Waals surface area contributed by atoms with Crippen molar-refractivity contribution < 1.29 is 4.74 Å². The van der Waals surface area contributed by atoms with Crippen LogP contribution in [0.2, 0.25) is 0 Å². The van der Waals surface area contributed by atoms with E-state index in [1.807, 2.05) is 0 Å². The highest BCUT2D eigenvalue weighted by Crippen LogP contribution is 2.32. The molecule has 1 aromatic carbocycles. The molecule has 1 aromatic rings. The summed E-state index contributed by atoms with van der Waals surface area (Å²) in [4.78, 5) is 0. The minimum absolute atomic E-state index is 0.559. The summed E-state index contributed by atoms with van der Waals surface area (Å²) in [5.74, 6) is 0.741. The minimum atomic E-state index is -0.803. The maximum absolute atomic E-state index is 5.90. The first-order valence-electron chi connectivity index (χ1n) is 4.20. The highest BCUT2D eigenvalue weighted by atomic mass is 16.5. The largest absolute Gasteiger partial charge is 0.493 e. The van der Waals surface area contributed by atoms with E-state index in [-0.39, 0.29) is 0 Å². The lowest BCUT2D eigenvalue weighted by Gasteiger charge is -2.31. The first-order chi connectivity index (χ1) is 6.09. The minimum Gasteiger partial charge on any atom is -0.493 e. The summed E-state index contributed by atoms with van der Waals surface area (Å²) < 4.78 is 5.40. The van der Waals surface area contributed by atoms with Gasteiger partial charge in [0.05, 0.1) is 12.3 Å². The molecule has 1 aliphatic rings. The van der Waals surface area contributed by atoms with E-state index in [4.69, 9.17) is 21.9 Å². The maximum Gasteiger partial charge on any atom is 0.125 e. The Labute approximate surface area is 76.7 Å². The van der Waals surface area contributed by atoms with Crippen molar-refractivity contribution in [2.75, 3.05) is 12.3 Å². The van der Waals surface area contributed by atoms with Gasteiger partial charge in [-0.05, 0) is 18.2 Å². The molecule has 2 rings (SSSR count). The van der Waals surface area contributed by atoms with Gasteiger partial charge in [-0.15, -0.1) is 0 Å². The lowest BCUT2D eigenvalue weighted by atomic mass is 9.94. The van der Waals surface area contributed by atoms with Gasteiger partial charge in [-0.3, -0.25) is 0 Å². The number of benzene rings is 1. The molecule has 0 fully saturated rings. The van der Waals surface area contributed by atoms with Gasteiger partial charge in [0.15, 0.2) is 0 Å². The van der Waals surface area contributed by atoms with Crippen molar-refractivity contribution in [3.63, 3.8) is 0 Å². The highest BCUT2D eigenvalue weighted by Gasteiger charge is 2.29. The van der Waals surface area contributed by atoms with Crippen molar-refractivity contribution in [2.45, 2.75) is 12.1 Å². The number of rotatable bonds is 0. The average Bonchev–Trinajstić information content (AvgIpc) is 2.06. The molecule has 4 heteroatoms. The van der Waals surface area contributed by atoms with E-state index in [1.54, 1.807) is 18.2 Å². The van der Waals surface area contributed by atoms with E-state index in [1.165, 1.54) is 0 Å². The molecule has 70 valence electrons. The summed E-state index contributed by atoms with van der Waals surface area (Å²) in [6.45, 7) is 0.559. The van der Waals surface area contributed by atoms with Crippen LogP contribution in [-0.2, 0) is 5.66 Å². The van der Waals surface area contributed by atoms with Crippen molar-refractivity contribution in [3.8, 4) is 5.75 Å². The van der Waals surface area contributed by atoms with E-state index in [0.29, 0.717) is 18.7 Å². The predicted octanol–water partition coefficient (Wildman–Crippen LogP) is 0.121. The van der Waals surface area contributed by atoms with Crippen LogP contribution in [0.3, 0.4) is 0 Å². The standard InChI is InChI=1S/C9H13N3O/c10-6-1-2-8-7(5-6)9(11,12)3-4-13-8/h1-2,5H,3-4,10-12H2. The SMILES string of the molecule is Nc1ccc2c(c1)C(N)(N)CCO2. The first kappa shape index (κ1) is 8.34.